The molecule has 1 heterocycles. The second-order valence-electron chi connectivity index (χ2n) is 6.01. The molecule has 5 heteroatoms. The van der Waals surface area contributed by atoms with Gasteiger partial charge in [0.2, 0.25) is 0 Å². The summed E-state index contributed by atoms with van der Waals surface area (Å²) in [6, 6.07) is 27.3. The second-order valence-corrected chi connectivity index (χ2v) is 7.32. The van der Waals surface area contributed by atoms with E-state index in [0.29, 0.717) is 5.11 Å². The Morgan fingerprint density at radius 1 is 0.808 bits per heavy atom. The van der Waals surface area contributed by atoms with Crippen molar-refractivity contribution in [2.24, 2.45) is 0 Å². The Morgan fingerprint density at radius 3 is 1.81 bits per heavy atom. The molecule has 1 N–H and O–H groups in total. The average Bonchev–Trinajstić information content (AvgIpc) is 2.95. The van der Waals surface area contributed by atoms with Gasteiger partial charge in [-0.05, 0) is 47.6 Å². The van der Waals surface area contributed by atoms with Crippen LogP contribution in [0.4, 0.5) is 5.69 Å². The molecule has 128 valence electrons. The van der Waals surface area contributed by atoms with Gasteiger partial charge in [-0.25, -0.2) is 0 Å². The third-order valence-electron chi connectivity index (χ3n) is 4.56. The number of nitrogens with one attached hydrogen (secondary N) is 1. The quantitative estimate of drug-likeness (QED) is 0.625. The number of anilines is 1. The molecule has 0 aromatic heterocycles. The number of nitrogens with zero attached hydrogens (tertiary/aromatic N) is 1. The minimum absolute atomic E-state index is 0.150. The van der Waals surface area contributed by atoms with Crippen molar-refractivity contribution in [3.63, 3.8) is 0 Å². The van der Waals surface area contributed by atoms with Crippen molar-refractivity contribution in [3.05, 3.63) is 101 Å². The SMILES string of the molecule is O=C1NC(=S)N(c2ccc(Br)cc2)C1(c1ccccc1)c1ccccc1. The summed E-state index contributed by atoms with van der Waals surface area (Å²) < 4.78 is 0.968. The molecule has 0 saturated carbocycles. The Kier molecular flexibility index (Phi) is 4.34. The average molecular weight is 423 g/mol. The standard InChI is InChI=1S/C21H15BrN2OS/c22-17-11-13-18(14-12-17)24-20(26)23-19(25)21(24,15-7-3-1-4-8-15)16-9-5-2-6-10-16/h1-14H,(H,23,25,26). The molecule has 0 atom stereocenters. The third kappa shape index (κ3) is 2.55. The zero-order valence-electron chi connectivity index (χ0n) is 13.7. The minimum Gasteiger partial charge on any atom is -0.300 e. The molecule has 0 aliphatic carbocycles. The number of halogens is 1. The zero-order chi connectivity index (χ0) is 18.1. The van der Waals surface area contributed by atoms with Crippen molar-refractivity contribution >= 4 is 44.9 Å². The first-order valence-electron chi connectivity index (χ1n) is 8.16. The monoisotopic (exact) mass is 422 g/mol. The molecule has 0 unspecified atom stereocenters. The highest BCUT2D eigenvalue weighted by Crippen LogP contribution is 2.42. The topological polar surface area (TPSA) is 32.3 Å². The summed E-state index contributed by atoms with van der Waals surface area (Å²) in [5.41, 5.74) is 1.54. The minimum atomic E-state index is -1.05. The van der Waals surface area contributed by atoms with Gasteiger partial charge in [0.1, 0.15) is 0 Å². The van der Waals surface area contributed by atoms with Crippen LogP contribution in [-0.4, -0.2) is 11.0 Å². The highest BCUT2D eigenvalue weighted by molar-refractivity contribution is 9.10. The van der Waals surface area contributed by atoms with E-state index in [1.807, 2.05) is 89.8 Å². The molecule has 3 nitrogen and oxygen atoms in total. The summed E-state index contributed by atoms with van der Waals surface area (Å²) in [5, 5.41) is 3.27. The highest BCUT2D eigenvalue weighted by Gasteiger charge is 2.54. The van der Waals surface area contributed by atoms with Crippen LogP contribution in [-0.2, 0) is 10.3 Å². The molecule has 1 fully saturated rings. The van der Waals surface area contributed by atoms with Crippen LogP contribution in [0, 0.1) is 0 Å². The number of benzene rings is 3. The van der Waals surface area contributed by atoms with E-state index in [0.717, 1.165) is 21.3 Å². The predicted octanol–water partition coefficient (Wildman–Crippen LogP) is 4.61. The Labute approximate surface area is 165 Å². The number of thiocarbonyl (C=S) groups is 1. The summed E-state index contributed by atoms with van der Waals surface area (Å²) in [4.78, 5) is 15.2. The molecule has 26 heavy (non-hydrogen) atoms. The van der Waals surface area contributed by atoms with Gasteiger partial charge in [-0.3, -0.25) is 15.0 Å². The maximum absolute atomic E-state index is 13.3. The molecule has 0 spiro atoms. The van der Waals surface area contributed by atoms with Crippen molar-refractivity contribution in [1.29, 1.82) is 0 Å². The van der Waals surface area contributed by atoms with Gasteiger partial charge in [-0.2, -0.15) is 0 Å². The van der Waals surface area contributed by atoms with E-state index in [-0.39, 0.29) is 5.91 Å². The fourth-order valence-corrected chi connectivity index (χ4v) is 4.04. The van der Waals surface area contributed by atoms with Crippen LogP contribution in [0.25, 0.3) is 0 Å². The van der Waals surface area contributed by atoms with Crippen molar-refractivity contribution in [1.82, 2.24) is 5.32 Å². The van der Waals surface area contributed by atoms with Gasteiger partial charge in [0.25, 0.3) is 5.91 Å². The van der Waals surface area contributed by atoms with E-state index in [4.69, 9.17) is 12.2 Å². The van der Waals surface area contributed by atoms with Gasteiger partial charge in [0.05, 0.1) is 0 Å². The smallest absolute Gasteiger partial charge is 0.261 e. The van der Waals surface area contributed by atoms with Crippen LogP contribution in [0.2, 0.25) is 0 Å². The molecule has 4 rings (SSSR count). The molecule has 0 radical (unpaired) electrons. The summed E-state index contributed by atoms with van der Waals surface area (Å²) >= 11 is 9.03. The number of hydrogen-bond acceptors (Lipinski definition) is 2. The van der Waals surface area contributed by atoms with Crippen molar-refractivity contribution in [2.75, 3.05) is 4.90 Å². The molecule has 3 aromatic rings. The fourth-order valence-electron chi connectivity index (χ4n) is 3.44. The number of hydrogen-bond donors (Lipinski definition) is 1. The molecular weight excluding hydrogens is 408 g/mol. The lowest BCUT2D eigenvalue weighted by atomic mass is 9.81. The van der Waals surface area contributed by atoms with E-state index in [2.05, 4.69) is 21.2 Å². The lowest BCUT2D eigenvalue weighted by Crippen LogP contribution is -2.48. The first-order chi connectivity index (χ1) is 12.6. The van der Waals surface area contributed by atoms with Gasteiger partial charge >= 0.3 is 0 Å². The normalized spacial score (nSPS) is 15.8. The van der Waals surface area contributed by atoms with Crippen LogP contribution in [0.5, 0.6) is 0 Å². The van der Waals surface area contributed by atoms with Crippen LogP contribution < -0.4 is 10.2 Å². The Morgan fingerprint density at radius 2 is 1.31 bits per heavy atom. The summed E-state index contributed by atoms with van der Waals surface area (Å²) in [7, 11) is 0. The van der Waals surface area contributed by atoms with Crippen molar-refractivity contribution in [3.8, 4) is 0 Å². The molecule has 0 bridgehead atoms. The molecule has 1 aliphatic heterocycles. The van der Waals surface area contributed by atoms with E-state index < -0.39 is 5.54 Å². The second kappa shape index (κ2) is 6.67. The van der Waals surface area contributed by atoms with Crippen LogP contribution in [0.1, 0.15) is 11.1 Å². The molecule has 3 aromatic carbocycles. The summed E-state index contributed by atoms with van der Waals surface area (Å²) in [6.45, 7) is 0. The van der Waals surface area contributed by atoms with Crippen LogP contribution >= 0.6 is 28.1 Å². The zero-order valence-corrected chi connectivity index (χ0v) is 16.1. The predicted molar refractivity (Wildman–Crippen MR) is 111 cm³/mol. The van der Waals surface area contributed by atoms with E-state index in [1.54, 1.807) is 0 Å². The first-order valence-corrected chi connectivity index (χ1v) is 9.36. The molecule has 1 amide bonds. The van der Waals surface area contributed by atoms with Crippen LogP contribution in [0.15, 0.2) is 89.4 Å². The number of carbonyl (C=O) groups excluding carboxylic acids is 1. The van der Waals surface area contributed by atoms with Crippen molar-refractivity contribution < 1.29 is 4.79 Å². The van der Waals surface area contributed by atoms with E-state index >= 15 is 0 Å². The fraction of sp³-hybridized carbons (Fsp3) is 0.0476. The largest absolute Gasteiger partial charge is 0.300 e. The van der Waals surface area contributed by atoms with E-state index in [1.165, 1.54) is 0 Å². The number of amides is 1. The Bertz CT molecular complexity index is 919. The Hall–Kier alpha value is -2.50. The molecular formula is C21H15BrN2OS. The van der Waals surface area contributed by atoms with Gasteiger partial charge in [0.15, 0.2) is 10.7 Å². The first kappa shape index (κ1) is 16.9. The lowest BCUT2D eigenvalue weighted by molar-refractivity contribution is -0.122. The summed E-state index contributed by atoms with van der Waals surface area (Å²) in [5.74, 6) is -0.150. The van der Waals surface area contributed by atoms with E-state index in [9.17, 15) is 4.79 Å². The van der Waals surface area contributed by atoms with Gasteiger partial charge in [0, 0.05) is 10.2 Å². The Balaban J connectivity index is 2.03. The van der Waals surface area contributed by atoms with Crippen molar-refractivity contribution in [2.45, 2.75) is 5.54 Å². The highest BCUT2D eigenvalue weighted by atomic mass is 79.9. The third-order valence-corrected chi connectivity index (χ3v) is 5.37. The van der Waals surface area contributed by atoms with Crippen LogP contribution in [0.3, 0.4) is 0 Å². The summed E-state index contributed by atoms with van der Waals surface area (Å²) in [6.07, 6.45) is 0. The number of rotatable bonds is 3. The van der Waals surface area contributed by atoms with Gasteiger partial charge in [-0.15, -0.1) is 0 Å². The maximum atomic E-state index is 13.3. The maximum Gasteiger partial charge on any atom is 0.261 e. The lowest BCUT2D eigenvalue weighted by Gasteiger charge is -2.37. The van der Waals surface area contributed by atoms with Gasteiger partial charge in [-0.1, -0.05) is 76.6 Å². The molecule has 1 aliphatic rings. The molecule has 1 saturated heterocycles. The number of carbonyl (C=O) groups is 1. The van der Waals surface area contributed by atoms with Gasteiger partial charge < -0.3 is 0 Å².